The Morgan fingerprint density at radius 2 is 2.38 bits per heavy atom. The fraction of sp³-hybridized carbons (Fsp3) is 1.00. The normalized spacial score (nSPS) is 38.2. The first-order valence-electron chi connectivity index (χ1n) is 2.59. The molecule has 0 N–H and O–H groups in total. The summed E-state index contributed by atoms with van der Waals surface area (Å²) in [6.07, 6.45) is 0.259. The van der Waals surface area contributed by atoms with Crippen molar-refractivity contribution < 1.29 is 9.47 Å². The van der Waals surface area contributed by atoms with E-state index in [2.05, 4.69) is 15.9 Å². The number of alkyl halides is 1. The molecule has 1 aliphatic rings. The predicted molar refractivity (Wildman–Crippen MR) is 34.3 cm³/mol. The van der Waals surface area contributed by atoms with E-state index in [0.29, 0.717) is 4.83 Å². The summed E-state index contributed by atoms with van der Waals surface area (Å²) in [5.41, 5.74) is 0. The highest BCUT2D eigenvalue weighted by atomic mass is 79.9. The lowest BCUT2D eigenvalue weighted by Crippen LogP contribution is -2.19. The third-order valence-electron chi connectivity index (χ3n) is 1.27. The minimum atomic E-state index is 0.259. The van der Waals surface area contributed by atoms with Crippen LogP contribution in [0.1, 0.15) is 0 Å². The lowest BCUT2D eigenvalue weighted by molar-refractivity contribution is 0.0839. The van der Waals surface area contributed by atoms with Crippen LogP contribution >= 0.6 is 15.9 Å². The smallest absolute Gasteiger partial charge is 0.0951 e. The number of methoxy groups -OCH3 is 1. The van der Waals surface area contributed by atoms with Gasteiger partial charge in [-0.25, -0.2) is 0 Å². The second-order valence-corrected chi connectivity index (χ2v) is 3.00. The molecule has 0 aromatic heterocycles. The van der Waals surface area contributed by atoms with Crippen LogP contribution in [0, 0.1) is 0 Å². The molecule has 0 aliphatic carbocycles. The van der Waals surface area contributed by atoms with E-state index in [9.17, 15) is 0 Å². The van der Waals surface area contributed by atoms with Crippen LogP contribution < -0.4 is 0 Å². The second-order valence-electron chi connectivity index (χ2n) is 1.83. The molecule has 1 fully saturated rings. The average molecular weight is 181 g/mol. The molecule has 0 aromatic rings. The highest BCUT2D eigenvalue weighted by Gasteiger charge is 2.24. The molecule has 0 aromatic carbocycles. The lowest BCUT2D eigenvalue weighted by atomic mass is 10.3. The zero-order chi connectivity index (χ0) is 5.98. The monoisotopic (exact) mass is 180 g/mol. The fourth-order valence-electron chi connectivity index (χ4n) is 0.724. The van der Waals surface area contributed by atoms with Crippen LogP contribution in [0.4, 0.5) is 0 Å². The number of hydrogen-bond donors (Lipinski definition) is 0. The highest BCUT2D eigenvalue weighted by Crippen LogP contribution is 2.15. The van der Waals surface area contributed by atoms with Gasteiger partial charge in [-0.15, -0.1) is 0 Å². The molecule has 0 amide bonds. The molecule has 0 saturated carbocycles. The Bertz CT molecular complexity index is 76.8. The summed E-state index contributed by atoms with van der Waals surface area (Å²) in [5, 5.41) is 0. The number of halogens is 1. The molecule has 48 valence electrons. The third kappa shape index (κ3) is 1.21. The molecular weight excluding hydrogens is 172 g/mol. The minimum Gasteiger partial charge on any atom is -0.378 e. The van der Waals surface area contributed by atoms with E-state index in [1.165, 1.54) is 0 Å². The van der Waals surface area contributed by atoms with Crippen LogP contribution in [0.5, 0.6) is 0 Å². The van der Waals surface area contributed by atoms with Gasteiger partial charge in [0.15, 0.2) is 0 Å². The van der Waals surface area contributed by atoms with Crippen molar-refractivity contribution >= 4 is 15.9 Å². The number of rotatable bonds is 1. The van der Waals surface area contributed by atoms with Gasteiger partial charge in [0, 0.05) is 7.11 Å². The molecule has 8 heavy (non-hydrogen) atoms. The quantitative estimate of drug-likeness (QED) is 0.557. The Morgan fingerprint density at radius 3 is 2.62 bits per heavy atom. The van der Waals surface area contributed by atoms with E-state index >= 15 is 0 Å². The van der Waals surface area contributed by atoms with Gasteiger partial charge < -0.3 is 9.47 Å². The molecule has 0 spiro atoms. The molecule has 2 nitrogen and oxygen atoms in total. The first-order valence-corrected chi connectivity index (χ1v) is 3.51. The van der Waals surface area contributed by atoms with Crippen LogP contribution in [0.2, 0.25) is 0 Å². The molecule has 0 radical (unpaired) electrons. The van der Waals surface area contributed by atoms with Gasteiger partial charge in [-0.1, -0.05) is 15.9 Å². The van der Waals surface area contributed by atoms with Gasteiger partial charge in [-0.3, -0.25) is 0 Å². The summed E-state index contributed by atoms with van der Waals surface area (Å²) in [4.78, 5) is 0.396. The van der Waals surface area contributed by atoms with E-state index in [4.69, 9.17) is 9.47 Å². The second kappa shape index (κ2) is 2.80. The summed E-state index contributed by atoms with van der Waals surface area (Å²) < 4.78 is 10.1. The van der Waals surface area contributed by atoms with E-state index in [1.54, 1.807) is 7.11 Å². The van der Waals surface area contributed by atoms with Crippen molar-refractivity contribution in [3.63, 3.8) is 0 Å². The average Bonchev–Trinajstić information content (AvgIpc) is 2.14. The van der Waals surface area contributed by atoms with Gasteiger partial charge in [0.1, 0.15) is 0 Å². The van der Waals surface area contributed by atoms with Gasteiger partial charge in [-0.2, -0.15) is 0 Å². The molecule has 3 heteroatoms. The van der Waals surface area contributed by atoms with E-state index in [0.717, 1.165) is 13.2 Å². The van der Waals surface area contributed by atoms with Crippen molar-refractivity contribution in [1.82, 2.24) is 0 Å². The fourth-order valence-corrected chi connectivity index (χ4v) is 1.28. The van der Waals surface area contributed by atoms with Crippen LogP contribution in [0.3, 0.4) is 0 Å². The Hall–Kier alpha value is 0.400. The summed E-state index contributed by atoms with van der Waals surface area (Å²) in [7, 11) is 1.70. The summed E-state index contributed by atoms with van der Waals surface area (Å²) in [6, 6.07) is 0. The van der Waals surface area contributed by atoms with E-state index < -0.39 is 0 Å². The summed E-state index contributed by atoms with van der Waals surface area (Å²) >= 11 is 3.41. The van der Waals surface area contributed by atoms with Gasteiger partial charge >= 0.3 is 0 Å². The van der Waals surface area contributed by atoms with Gasteiger partial charge in [0.05, 0.1) is 24.1 Å². The molecule has 1 heterocycles. The van der Waals surface area contributed by atoms with Crippen LogP contribution in [-0.4, -0.2) is 31.3 Å². The van der Waals surface area contributed by atoms with Gasteiger partial charge in [0.25, 0.3) is 0 Å². The molecule has 1 saturated heterocycles. The van der Waals surface area contributed by atoms with Crippen LogP contribution in [0.15, 0.2) is 0 Å². The molecule has 1 rings (SSSR count). The van der Waals surface area contributed by atoms with Gasteiger partial charge in [0.2, 0.25) is 0 Å². The first kappa shape index (κ1) is 6.52. The van der Waals surface area contributed by atoms with Crippen LogP contribution in [-0.2, 0) is 9.47 Å². The standard InChI is InChI=1S/C5H9BrO2/c1-7-5-3-8-2-4(5)6/h4-5H,2-3H2,1H3. The van der Waals surface area contributed by atoms with Gasteiger partial charge in [-0.05, 0) is 0 Å². The van der Waals surface area contributed by atoms with Crippen molar-refractivity contribution in [2.45, 2.75) is 10.9 Å². The van der Waals surface area contributed by atoms with Crippen molar-refractivity contribution in [2.24, 2.45) is 0 Å². The molecular formula is C5H9BrO2. The Morgan fingerprint density at radius 1 is 1.62 bits per heavy atom. The maximum Gasteiger partial charge on any atom is 0.0951 e. The van der Waals surface area contributed by atoms with Crippen molar-refractivity contribution in [3.8, 4) is 0 Å². The SMILES string of the molecule is COC1COCC1Br. The topological polar surface area (TPSA) is 18.5 Å². The largest absolute Gasteiger partial charge is 0.378 e. The minimum absolute atomic E-state index is 0.259. The maximum absolute atomic E-state index is 5.09. The molecule has 0 bridgehead atoms. The maximum atomic E-state index is 5.09. The first-order chi connectivity index (χ1) is 3.84. The highest BCUT2D eigenvalue weighted by molar-refractivity contribution is 9.09. The Labute approximate surface area is 57.3 Å². The zero-order valence-corrected chi connectivity index (χ0v) is 6.35. The molecule has 2 atom stereocenters. The summed E-state index contributed by atoms with van der Waals surface area (Å²) in [5.74, 6) is 0. The Kier molecular flexibility index (Phi) is 2.28. The van der Waals surface area contributed by atoms with Crippen molar-refractivity contribution in [3.05, 3.63) is 0 Å². The van der Waals surface area contributed by atoms with Crippen molar-refractivity contribution in [2.75, 3.05) is 20.3 Å². The predicted octanol–water partition coefficient (Wildman–Crippen LogP) is 0.795. The van der Waals surface area contributed by atoms with E-state index in [1.807, 2.05) is 0 Å². The number of hydrogen-bond acceptors (Lipinski definition) is 2. The molecule has 2 unspecified atom stereocenters. The van der Waals surface area contributed by atoms with Crippen molar-refractivity contribution in [1.29, 1.82) is 0 Å². The summed E-state index contributed by atoms with van der Waals surface area (Å²) in [6.45, 7) is 1.50. The molecule has 1 aliphatic heterocycles. The third-order valence-corrected chi connectivity index (χ3v) is 2.12. The lowest BCUT2D eigenvalue weighted by Gasteiger charge is -2.07. The number of ether oxygens (including phenoxy) is 2. The Balaban J connectivity index is 2.30. The van der Waals surface area contributed by atoms with E-state index in [-0.39, 0.29) is 6.10 Å². The van der Waals surface area contributed by atoms with Crippen LogP contribution in [0.25, 0.3) is 0 Å². The zero-order valence-electron chi connectivity index (χ0n) is 4.76.